The quantitative estimate of drug-likeness (QED) is 0.626. The van der Waals surface area contributed by atoms with E-state index in [-0.39, 0.29) is 0 Å². The predicted molar refractivity (Wildman–Crippen MR) is 82.3 cm³/mol. The smallest absolute Gasteiger partial charge is 0.324 e. The van der Waals surface area contributed by atoms with Crippen molar-refractivity contribution in [2.45, 2.75) is 38.9 Å². The number of carbonyl (C=O) groups is 2. The summed E-state index contributed by atoms with van der Waals surface area (Å²) < 4.78 is 21.0. The van der Waals surface area contributed by atoms with E-state index in [2.05, 4.69) is 0 Å². The average Bonchev–Trinajstić information content (AvgIpc) is 2.44. The van der Waals surface area contributed by atoms with Crippen molar-refractivity contribution < 1.29 is 28.5 Å². The minimum absolute atomic E-state index is 0.574. The van der Waals surface area contributed by atoms with E-state index in [0.29, 0.717) is 17.1 Å². The van der Waals surface area contributed by atoms with Crippen molar-refractivity contribution in [3.05, 3.63) is 23.8 Å². The first-order chi connectivity index (χ1) is 10.6. The Morgan fingerprint density at radius 1 is 0.957 bits per heavy atom. The lowest BCUT2D eigenvalue weighted by Gasteiger charge is -2.39. The summed E-state index contributed by atoms with van der Waals surface area (Å²) >= 11 is 0. The number of benzene rings is 1. The van der Waals surface area contributed by atoms with Gasteiger partial charge in [0.1, 0.15) is 11.5 Å². The molecule has 0 aliphatic carbocycles. The van der Waals surface area contributed by atoms with E-state index in [0.717, 1.165) is 0 Å². The molecule has 0 atom stereocenters. The van der Waals surface area contributed by atoms with E-state index in [4.69, 9.17) is 18.9 Å². The molecule has 0 saturated carbocycles. The number of methoxy groups -OCH3 is 2. The molecule has 1 aromatic rings. The molecule has 0 unspecified atom stereocenters. The Labute approximate surface area is 135 Å². The van der Waals surface area contributed by atoms with Gasteiger partial charge >= 0.3 is 11.9 Å². The van der Waals surface area contributed by atoms with Gasteiger partial charge in [-0.05, 0) is 17.7 Å². The van der Waals surface area contributed by atoms with Crippen molar-refractivity contribution in [2.75, 3.05) is 14.2 Å². The monoisotopic (exact) mass is 322 g/mol. The number of rotatable bonds is 4. The molecule has 126 valence electrons. The van der Waals surface area contributed by atoms with E-state index in [1.54, 1.807) is 32.0 Å². The lowest BCUT2D eigenvalue weighted by atomic mass is 9.72. The molecular weight excluding hydrogens is 300 g/mol. The summed E-state index contributed by atoms with van der Waals surface area (Å²) in [5.41, 5.74) is -0.140. The molecule has 23 heavy (non-hydrogen) atoms. The van der Waals surface area contributed by atoms with E-state index >= 15 is 0 Å². The van der Waals surface area contributed by atoms with Gasteiger partial charge in [-0.1, -0.05) is 13.8 Å². The average molecular weight is 322 g/mol. The standard InChI is InChI=1S/C17H22O6/c1-16(2,10-7-11(20-5)9-12(8-10)21-6)13-14(18)22-17(3,4)23-15(13)19/h7-9,13H,1-6H3. The van der Waals surface area contributed by atoms with Crippen LogP contribution in [0.1, 0.15) is 33.3 Å². The summed E-state index contributed by atoms with van der Waals surface area (Å²) in [4.78, 5) is 24.7. The molecule has 0 spiro atoms. The van der Waals surface area contributed by atoms with Crippen molar-refractivity contribution >= 4 is 11.9 Å². The van der Waals surface area contributed by atoms with Crippen molar-refractivity contribution in [3.63, 3.8) is 0 Å². The minimum Gasteiger partial charge on any atom is -0.497 e. The lowest BCUT2D eigenvalue weighted by molar-refractivity contribution is -0.243. The highest BCUT2D eigenvalue weighted by molar-refractivity contribution is 5.98. The van der Waals surface area contributed by atoms with E-state index < -0.39 is 29.1 Å². The summed E-state index contributed by atoms with van der Waals surface area (Å²) in [7, 11) is 3.08. The molecular formula is C17H22O6. The highest BCUT2D eigenvalue weighted by Gasteiger charge is 2.51. The van der Waals surface area contributed by atoms with Crippen molar-refractivity contribution in [3.8, 4) is 11.5 Å². The van der Waals surface area contributed by atoms with Crippen LogP contribution in [-0.4, -0.2) is 31.9 Å². The largest absolute Gasteiger partial charge is 0.497 e. The number of ether oxygens (including phenoxy) is 4. The van der Waals surface area contributed by atoms with Gasteiger partial charge in [0.25, 0.3) is 5.79 Å². The zero-order valence-corrected chi connectivity index (χ0v) is 14.3. The van der Waals surface area contributed by atoms with Crippen LogP contribution in [0.3, 0.4) is 0 Å². The molecule has 2 rings (SSSR count). The fraction of sp³-hybridized carbons (Fsp3) is 0.529. The van der Waals surface area contributed by atoms with Gasteiger partial charge in [-0.25, -0.2) is 0 Å². The zero-order valence-electron chi connectivity index (χ0n) is 14.3. The summed E-state index contributed by atoms with van der Waals surface area (Å²) in [6.07, 6.45) is 0. The molecule has 0 bridgehead atoms. The van der Waals surface area contributed by atoms with Gasteiger partial charge in [0, 0.05) is 25.3 Å². The summed E-state index contributed by atoms with van der Waals surface area (Å²) in [5, 5.41) is 0. The van der Waals surface area contributed by atoms with Gasteiger partial charge < -0.3 is 18.9 Å². The molecule has 1 heterocycles. The number of hydrogen-bond donors (Lipinski definition) is 0. The normalized spacial score (nSPS) is 18.2. The molecule has 6 heteroatoms. The highest BCUT2D eigenvalue weighted by Crippen LogP contribution is 2.40. The Balaban J connectivity index is 2.45. The van der Waals surface area contributed by atoms with Crippen LogP contribution >= 0.6 is 0 Å². The first-order valence-corrected chi connectivity index (χ1v) is 7.30. The van der Waals surface area contributed by atoms with Crippen LogP contribution in [-0.2, 0) is 24.5 Å². The molecule has 1 aliphatic heterocycles. The SMILES string of the molecule is COc1cc(OC)cc(C(C)(C)C2C(=O)OC(C)(C)OC2=O)c1. The second-order valence-corrected chi connectivity index (χ2v) is 6.50. The molecule has 0 N–H and O–H groups in total. The molecule has 1 fully saturated rings. The third-order valence-electron chi connectivity index (χ3n) is 3.98. The van der Waals surface area contributed by atoms with Crippen molar-refractivity contribution in [2.24, 2.45) is 5.92 Å². The highest BCUT2D eigenvalue weighted by atomic mass is 16.7. The Morgan fingerprint density at radius 2 is 1.39 bits per heavy atom. The Bertz CT molecular complexity index is 590. The number of cyclic esters (lactones) is 2. The van der Waals surface area contributed by atoms with Crippen molar-refractivity contribution in [1.29, 1.82) is 0 Å². The maximum Gasteiger partial charge on any atom is 0.324 e. The Hall–Kier alpha value is -2.24. The molecule has 0 radical (unpaired) electrons. The van der Waals surface area contributed by atoms with Crippen LogP contribution in [0.5, 0.6) is 11.5 Å². The lowest BCUT2D eigenvalue weighted by Crippen LogP contribution is -2.52. The second kappa shape index (κ2) is 5.76. The summed E-state index contributed by atoms with van der Waals surface area (Å²) in [6, 6.07) is 5.26. The van der Waals surface area contributed by atoms with Gasteiger partial charge in [-0.15, -0.1) is 0 Å². The topological polar surface area (TPSA) is 71.1 Å². The fourth-order valence-corrected chi connectivity index (χ4v) is 2.65. The number of hydrogen-bond acceptors (Lipinski definition) is 6. The van der Waals surface area contributed by atoms with Gasteiger partial charge in [0.05, 0.1) is 14.2 Å². The van der Waals surface area contributed by atoms with Gasteiger partial charge in [0.2, 0.25) is 0 Å². The second-order valence-electron chi connectivity index (χ2n) is 6.50. The van der Waals surface area contributed by atoms with Crippen LogP contribution in [0.2, 0.25) is 0 Å². The maximum atomic E-state index is 12.4. The van der Waals surface area contributed by atoms with E-state index in [1.807, 2.05) is 0 Å². The Morgan fingerprint density at radius 3 is 1.78 bits per heavy atom. The zero-order chi connectivity index (χ0) is 17.4. The van der Waals surface area contributed by atoms with E-state index in [1.165, 1.54) is 28.1 Å². The molecule has 1 aromatic carbocycles. The minimum atomic E-state index is -1.24. The van der Waals surface area contributed by atoms with Crippen LogP contribution in [0, 0.1) is 5.92 Å². The third kappa shape index (κ3) is 3.25. The maximum absolute atomic E-state index is 12.4. The first kappa shape index (κ1) is 17.1. The van der Waals surface area contributed by atoms with Crippen LogP contribution in [0.25, 0.3) is 0 Å². The molecule has 6 nitrogen and oxygen atoms in total. The van der Waals surface area contributed by atoms with Crippen LogP contribution in [0.15, 0.2) is 18.2 Å². The number of carbonyl (C=O) groups excluding carboxylic acids is 2. The molecule has 1 aliphatic rings. The summed E-state index contributed by atoms with van der Waals surface area (Å²) in [6.45, 7) is 6.63. The van der Waals surface area contributed by atoms with Crippen molar-refractivity contribution in [1.82, 2.24) is 0 Å². The van der Waals surface area contributed by atoms with Gasteiger partial charge in [0.15, 0.2) is 5.92 Å². The Kier molecular flexibility index (Phi) is 4.28. The molecule has 1 saturated heterocycles. The number of esters is 2. The van der Waals surface area contributed by atoms with E-state index in [9.17, 15) is 9.59 Å². The molecule has 0 amide bonds. The summed E-state index contributed by atoms with van der Waals surface area (Å²) in [5.74, 6) is -2.36. The van der Waals surface area contributed by atoms with Crippen LogP contribution < -0.4 is 9.47 Å². The fourth-order valence-electron chi connectivity index (χ4n) is 2.65. The molecule has 0 aromatic heterocycles. The van der Waals surface area contributed by atoms with Gasteiger partial charge in [-0.3, -0.25) is 9.59 Å². The van der Waals surface area contributed by atoms with Crippen LogP contribution in [0.4, 0.5) is 0 Å². The third-order valence-corrected chi connectivity index (χ3v) is 3.98. The van der Waals surface area contributed by atoms with Gasteiger partial charge in [-0.2, -0.15) is 0 Å². The predicted octanol–water partition coefficient (Wildman–Crippen LogP) is 2.43. The first-order valence-electron chi connectivity index (χ1n) is 7.30.